The van der Waals surface area contributed by atoms with Gasteiger partial charge in [-0.2, -0.15) is 0 Å². The van der Waals surface area contributed by atoms with Gasteiger partial charge in [0.25, 0.3) is 0 Å². The van der Waals surface area contributed by atoms with Crippen molar-refractivity contribution >= 4 is 17.9 Å². The van der Waals surface area contributed by atoms with Crippen LogP contribution in [0.15, 0.2) is 85.1 Å². The van der Waals surface area contributed by atoms with E-state index in [1.54, 1.807) is 0 Å². The lowest BCUT2D eigenvalue weighted by molar-refractivity contribution is -0.166. The van der Waals surface area contributed by atoms with Crippen LogP contribution in [-0.2, 0) is 28.6 Å². The Kier molecular flexibility index (Phi) is 42.6. The summed E-state index contributed by atoms with van der Waals surface area (Å²) < 4.78 is 16.6. The third-order valence-corrected chi connectivity index (χ3v) is 9.37. The Balaban J connectivity index is 4.52. The number of carbonyl (C=O) groups is 3. The predicted octanol–water partition coefficient (Wildman–Crippen LogP) is 14.9. The second kappa shape index (κ2) is 45.3. The lowest BCUT2D eigenvalue weighted by Crippen LogP contribution is -2.30. The molecule has 0 aromatic rings. The highest BCUT2D eigenvalue weighted by atomic mass is 16.6. The zero-order valence-electron chi connectivity index (χ0n) is 36.8. The third kappa shape index (κ3) is 43.6. The Morgan fingerprint density at radius 1 is 0.368 bits per heavy atom. The van der Waals surface area contributed by atoms with Gasteiger partial charge in [0.1, 0.15) is 13.2 Å². The highest BCUT2D eigenvalue weighted by molar-refractivity contribution is 5.71. The molecule has 0 aliphatic rings. The van der Waals surface area contributed by atoms with Gasteiger partial charge in [-0.05, 0) is 96.3 Å². The molecule has 1 atom stereocenters. The largest absolute Gasteiger partial charge is 0.462 e. The molecule has 1 unspecified atom stereocenters. The zero-order valence-corrected chi connectivity index (χ0v) is 36.8. The summed E-state index contributed by atoms with van der Waals surface area (Å²) in [4.78, 5) is 37.7. The maximum Gasteiger partial charge on any atom is 0.306 e. The van der Waals surface area contributed by atoms with Crippen molar-refractivity contribution in [3.05, 3.63) is 85.1 Å². The van der Waals surface area contributed by atoms with Crippen LogP contribution in [-0.4, -0.2) is 37.2 Å². The van der Waals surface area contributed by atoms with Crippen LogP contribution in [0.4, 0.5) is 0 Å². The molecule has 0 aromatic carbocycles. The molecule has 0 bridgehead atoms. The van der Waals surface area contributed by atoms with Crippen LogP contribution >= 0.6 is 0 Å². The summed E-state index contributed by atoms with van der Waals surface area (Å²) in [5.41, 5.74) is 0. The molecule has 0 heterocycles. The molecule has 0 radical (unpaired) electrons. The van der Waals surface area contributed by atoms with Crippen molar-refractivity contribution in [3.63, 3.8) is 0 Å². The molecule has 6 nitrogen and oxygen atoms in total. The van der Waals surface area contributed by atoms with E-state index in [1.807, 2.05) is 6.08 Å². The summed E-state index contributed by atoms with van der Waals surface area (Å²) in [6.07, 6.45) is 57.2. The number of ether oxygens (including phenoxy) is 3. The van der Waals surface area contributed by atoms with E-state index in [4.69, 9.17) is 14.2 Å². The number of rotatable bonds is 40. The molecule has 324 valence electrons. The first-order valence-electron chi connectivity index (χ1n) is 23.1. The molecule has 0 fully saturated rings. The van der Waals surface area contributed by atoms with Crippen molar-refractivity contribution in [1.82, 2.24) is 0 Å². The summed E-state index contributed by atoms with van der Waals surface area (Å²) in [7, 11) is 0. The van der Waals surface area contributed by atoms with Gasteiger partial charge >= 0.3 is 17.9 Å². The minimum Gasteiger partial charge on any atom is -0.462 e. The van der Waals surface area contributed by atoms with Crippen molar-refractivity contribution in [2.75, 3.05) is 13.2 Å². The zero-order chi connectivity index (χ0) is 41.5. The molecular weight excluding hydrogens is 709 g/mol. The van der Waals surface area contributed by atoms with E-state index < -0.39 is 12.1 Å². The number of allylic oxidation sites excluding steroid dienone is 14. The Hall–Kier alpha value is -3.41. The van der Waals surface area contributed by atoms with Crippen LogP contribution in [0.25, 0.3) is 0 Å². The lowest BCUT2D eigenvalue weighted by atomic mass is 10.1. The topological polar surface area (TPSA) is 78.9 Å². The van der Waals surface area contributed by atoms with Crippen LogP contribution in [0, 0.1) is 0 Å². The van der Waals surface area contributed by atoms with Gasteiger partial charge in [0, 0.05) is 19.3 Å². The molecule has 0 saturated heterocycles. The molecule has 0 aliphatic heterocycles. The van der Waals surface area contributed by atoms with Gasteiger partial charge in [-0.25, -0.2) is 0 Å². The molecule has 0 aliphatic carbocycles. The van der Waals surface area contributed by atoms with Gasteiger partial charge in [-0.15, -0.1) is 0 Å². The molecule has 0 aromatic heterocycles. The Morgan fingerprint density at radius 2 is 0.737 bits per heavy atom. The summed E-state index contributed by atoms with van der Waals surface area (Å²) in [5, 5.41) is 0. The molecule has 0 saturated carbocycles. The van der Waals surface area contributed by atoms with Crippen molar-refractivity contribution in [1.29, 1.82) is 0 Å². The van der Waals surface area contributed by atoms with Gasteiger partial charge in [0.05, 0.1) is 0 Å². The Morgan fingerprint density at radius 3 is 1.23 bits per heavy atom. The van der Waals surface area contributed by atoms with Crippen molar-refractivity contribution in [3.8, 4) is 0 Å². The number of hydrogen-bond donors (Lipinski definition) is 0. The highest BCUT2D eigenvalue weighted by Crippen LogP contribution is 2.11. The number of esters is 3. The number of hydrogen-bond acceptors (Lipinski definition) is 6. The van der Waals surface area contributed by atoms with Gasteiger partial charge in [0.2, 0.25) is 0 Å². The molecular formula is C51H84O6. The van der Waals surface area contributed by atoms with Crippen LogP contribution in [0.1, 0.15) is 201 Å². The maximum absolute atomic E-state index is 12.7. The van der Waals surface area contributed by atoms with Crippen molar-refractivity contribution < 1.29 is 28.6 Å². The second-order valence-corrected chi connectivity index (χ2v) is 14.9. The van der Waals surface area contributed by atoms with E-state index in [-0.39, 0.29) is 31.6 Å². The smallest absolute Gasteiger partial charge is 0.306 e. The first-order valence-corrected chi connectivity index (χ1v) is 23.1. The van der Waals surface area contributed by atoms with Crippen LogP contribution in [0.2, 0.25) is 0 Å². The van der Waals surface area contributed by atoms with E-state index in [1.165, 1.54) is 51.4 Å². The van der Waals surface area contributed by atoms with E-state index in [9.17, 15) is 14.4 Å². The predicted molar refractivity (Wildman–Crippen MR) is 242 cm³/mol. The molecule has 6 heteroatoms. The SMILES string of the molecule is CC/C=C\C/C=C\C/C=C\C/C=C\CCCCCC(=O)OCC(COC(=O)CCCCCC/C=C\CCCC)OC(=O)CC/C=C\C/C=C\CCCCCCCC. The first-order chi connectivity index (χ1) is 28.0. The van der Waals surface area contributed by atoms with E-state index >= 15 is 0 Å². The van der Waals surface area contributed by atoms with Crippen LogP contribution < -0.4 is 0 Å². The quantitative estimate of drug-likeness (QED) is 0.0266. The number of carbonyl (C=O) groups excluding carboxylic acids is 3. The first kappa shape index (κ1) is 53.6. The summed E-state index contributed by atoms with van der Waals surface area (Å²) in [6, 6.07) is 0. The third-order valence-electron chi connectivity index (χ3n) is 9.37. The fourth-order valence-corrected chi connectivity index (χ4v) is 5.88. The second-order valence-electron chi connectivity index (χ2n) is 14.9. The fraction of sp³-hybridized carbons (Fsp3) is 0.667. The highest BCUT2D eigenvalue weighted by Gasteiger charge is 2.19. The van der Waals surface area contributed by atoms with Crippen LogP contribution in [0.3, 0.4) is 0 Å². The monoisotopic (exact) mass is 793 g/mol. The normalized spacial score (nSPS) is 12.8. The molecule has 0 spiro atoms. The lowest BCUT2D eigenvalue weighted by Gasteiger charge is -2.18. The average molecular weight is 793 g/mol. The van der Waals surface area contributed by atoms with Crippen molar-refractivity contribution in [2.45, 2.75) is 207 Å². The molecule has 0 rings (SSSR count). The molecule has 0 amide bonds. The minimum atomic E-state index is -0.822. The van der Waals surface area contributed by atoms with Gasteiger partial charge < -0.3 is 14.2 Å². The minimum absolute atomic E-state index is 0.117. The summed E-state index contributed by atoms with van der Waals surface area (Å²) >= 11 is 0. The van der Waals surface area contributed by atoms with E-state index in [0.717, 1.165) is 103 Å². The van der Waals surface area contributed by atoms with E-state index in [2.05, 4.69) is 99.8 Å². The average Bonchev–Trinajstić information content (AvgIpc) is 3.21. The maximum atomic E-state index is 12.7. The Bertz CT molecular complexity index is 1140. The van der Waals surface area contributed by atoms with Crippen LogP contribution in [0.5, 0.6) is 0 Å². The van der Waals surface area contributed by atoms with Crippen molar-refractivity contribution in [2.24, 2.45) is 0 Å². The molecule has 57 heavy (non-hydrogen) atoms. The summed E-state index contributed by atoms with van der Waals surface area (Å²) in [6.45, 7) is 6.36. The van der Waals surface area contributed by atoms with Gasteiger partial charge in [-0.3, -0.25) is 14.4 Å². The Labute approximate surface area is 350 Å². The van der Waals surface area contributed by atoms with Gasteiger partial charge in [-0.1, -0.05) is 170 Å². The van der Waals surface area contributed by atoms with E-state index in [0.29, 0.717) is 19.3 Å². The van der Waals surface area contributed by atoms with Gasteiger partial charge in [0.15, 0.2) is 6.10 Å². The summed E-state index contributed by atoms with van der Waals surface area (Å²) in [5.74, 6) is -1.04. The number of unbranched alkanes of at least 4 members (excludes halogenated alkanes) is 15. The molecule has 0 N–H and O–H groups in total. The fourth-order valence-electron chi connectivity index (χ4n) is 5.88. The standard InChI is InChI=1S/C51H84O6/c1-4-7-10-13-16-19-22-24-25-26-28-29-32-35-38-41-44-50(53)56-47-48(46-55-49(52)43-40-37-34-31-21-18-15-12-9-6-3)57-51(54)45-42-39-36-33-30-27-23-20-17-14-11-8-5-2/h7,10,15-16,18-19,24-25,27-30,36,39,48H,4-6,8-9,11-14,17,20-23,26,31-35,37-38,40-47H2,1-3H3/b10-7-,18-15-,19-16-,25-24-,29-28-,30-27-,39-36-.